The van der Waals surface area contributed by atoms with E-state index < -0.39 is 11.6 Å². The van der Waals surface area contributed by atoms with Gasteiger partial charge in [-0.15, -0.1) is 0 Å². The molecule has 2 fully saturated rings. The van der Waals surface area contributed by atoms with Crippen LogP contribution in [0, 0.1) is 17.6 Å². The van der Waals surface area contributed by atoms with Crippen LogP contribution < -0.4 is 0 Å². The Balaban J connectivity index is 1.68. The number of rotatable bonds is 2. The van der Waals surface area contributed by atoms with Crippen molar-refractivity contribution in [1.82, 2.24) is 9.80 Å². The van der Waals surface area contributed by atoms with E-state index in [-0.39, 0.29) is 17.9 Å². The second-order valence-corrected chi connectivity index (χ2v) is 6.76. The Labute approximate surface area is 146 Å². The van der Waals surface area contributed by atoms with Crippen molar-refractivity contribution in [2.24, 2.45) is 5.92 Å². The zero-order valence-corrected chi connectivity index (χ0v) is 14.3. The first-order chi connectivity index (χ1) is 12.0. The highest BCUT2D eigenvalue weighted by Crippen LogP contribution is 2.31. The number of halogens is 2. The van der Waals surface area contributed by atoms with Gasteiger partial charge in [-0.25, -0.2) is 8.78 Å². The van der Waals surface area contributed by atoms with Gasteiger partial charge in [0.05, 0.1) is 0 Å². The molecule has 0 unspecified atom stereocenters. The Morgan fingerprint density at radius 3 is 2.68 bits per heavy atom. The molecule has 4 nitrogen and oxygen atoms in total. The molecule has 0 spiro atoms. The Bertz CT molecular complexity index is 705. The summed E-state index contributed by atoms with van der Waals surface area (Å²) in [6, 6.07) is 3.70. The third kappa shape index (κ3) is 3.89. The highest BCUT2D eigenvalue weighted by Gasteiger charge is 2.37. The van der Waals surface area contributed by atoms with Crippen molar-refractivity contribution >= 4 is 17.9 Å². The highest BCUT2D eigenvalue weighted by molar-refractivity contribution is 5.92. The molecule has 0 aromatic heterocycles. The van der Waals surface area contributed by atoms with Crippen molar-refractivity contribution in [3.05, 3.63) is 41.5 Å². The summed E-state index contributed by atoms with van der Waals surface area (Å²) < 4.78 is 26.2. The fourth-order valence-corrected chi connectivity index (χ4v) is 3.84. The van der Waals surface area contributed by atoms with Crippen LogP contribution in [0.2, 0.25) is 0 Å². The fourth-order valence-electron chi connectivity index (χ4n) is 3.84. The molecule has 0 N–H and O–H groups in total. The number of carbonyl (C=O) groups excluding carboxylic acids is 2. The summed E-state index contributed by atoms with van der Waals surface area (Å²) in [5.74, 6) is -1.55. The van der Waals surface area contributed by atoms with Crippen LogP contribution in [0.25, 0.3) is 6.08 Å². The first-order valence-corrected chi connectivity index (χ1v) is 8.65. The number of amides is 2. The van der Waals surface area contributed by atoms with Crippen molar-refractivity contribution in [2.45, 2.75) is 32.2 Å². The zero-order valence-electron chi connectivity index (χ0n) is 14.3. The van der Waals surface area contributed by atoms with E-state index in [0.29, 0.717) is 31.1 Å². The van der Waals surface area contributed by atoms with Crippen LogP contribution >= 0.6 is 0 Å². The summed E-state index contributed by atoms with van der Waals surface area (Å²) in [5.41, 5.74) is 0.451. The predicted octanol–water partition coefficient (Wildman–Crippen LogP) is 2.84. The van der Waals surface area contributed by atoms with E-state index in [1.54, 1.807) is 6.92 Å². The van der Waals surface area contributed by atoms with Crippen molar-refractivity contribution < 1.29 is 18.4 Å². The molecule has 0 saturated carbocycles. The summed E-state index contributed by atoms with van der Waals surface area (Å²) in [6.07, 6.45) is 5.66. The van der Waals surface area contributed by atoms with Crippen LogP contribution in [-0.2, 0) is 9.59 Å². The Kier molecular flexibility index (Phi) is 5.16. The van der Waals surface area contributed by atoms with E-state index in [2.05, 4.69) is 0 Å². The van der Waals surface area contributed by atoms with Crippen LogP contribution in [0.4, 0.5) is 8.78 Å². The van der Waals surface area contributed by atoms with E-state index >= 15 is 0 Å². The normalized spacial score (nSPS) is 23.6. The van der Waals surface area contributed by atoms with Crippen LogP contribution in [0.3, 0.4) is 0 Å². The van der Waals surface area contributed by atoms with Gasteiger partial charge in [0.15, 0.2) is 11.6 Å². The van der Waals surface area contributed by atoms with Gasteiger partial charge in [0.25, 0.3) is 0 Å². The molecule has 2 heterocycles. The second kappa shape index (κ2) is 7.33. The largest absolute Gasteiger partial charge is 0.343 e. The minimum atomic E-state index is -0.927. The number of likely N-dealkylation sites (tertiary alicyclic amines) is 2. The van der Waals surface area contributed by atoms with Gasteiger partial charge in [0, 0.05) is 38.7 Å². The first kappa shape index (κ1) is 17.6. The lowest BCUT2D eigenvalue weighted by molar-refractivity contribution is -0.137. The van der Waals surface area contributed by atoms with Crippen molar-refractivity contribution in [1.29, 1.82) is 0 Å². The first-order valence-electron chi connectivity index (χ1n) is 8.65. The van der Waals surface area contributed by atoms with Gasteiger partial charge in [-0.2, -0.15) is 0 Å². The Morgan fingerprint density at radius 1 is 1.16 bits per heavy atom. The number of hydrogen-bond acceptors (Lipinski definition) is 2. The summed E-state index contributed by atoms with van der Waals surface area (Å²) in [5, 5.41) is 0. The van der Waals surface area contributed by atoms with E-state index in [0.717, 1.165) is 31.4 Å². The van der Waals surface area contributed by atoms with Gasteiger partial charge in [0.2, 0.25) is 11.8 Å². The molecule has 2 saturated heterocycles. The van der Waals surface area contributed by atoms with Gasteiger partial charge < -0.3 is 9.80 Å². The van der Waals surface area contributed by atoms with Gasteiger partial charge in [-0.3, -0.25) is 9.59 Å². The third-order valence-electron chi connectivity index (χ3n) is 5.16. The summed E-state index contributed by atoms with van der Waals surface area (Å²) in [4.78, 5) is 27.9. The molecule has 134 valence electrons. The van der Waals surface area contributed by atoms with Gasteiger partial charge in [-0.1, -0.05) is 6.07 Å². The maximum Gasteiger partial charge on any atom is 0.246 e. The number of carbonyl (C=O) groups is 2. The summed E-state index contributed by atoms with van der Waals surface area (Å²) in [6.45, 7) is 3.66. The topological polar surface area (TPSA) is 40.6 Å². The maximum absolute atomic E-state index is 13.2. The molecule has 25 heavy (non-hydrogen) atoms. The molecule has 0 bridgehead atoms. The fraction of sp³-hybridized carbons (Fsp3) is 0.474. The lowest BCUT2D eigenvalue weighted by atomic mass is 9.83. The van der Waals surface area contributed by atoms with E-state index in [1.165, 1.54) is 18.2 Å². The summed E-state index contributed by atoms with van der Waals surface area (Å²) >= 11 is 0. The molecular weight excluding hydrogens is 326 g/mol. The van der Waals surface area contributed by atoms with E-state index in [4.69, 9.17) is 0 Å². The average molecular weight is 348 g/mol. The number of hydrogen-bond donors (Lipinski definition) is 0. The Morgan fingerprint density at radius 2 is 1.96 bits per heavy atom. The van der Waals surface area contributed by atoms with Crippen molar-refractivity contribution in [3.8, 4) is 0 Å². The zero-order chi connectivity index (χ0) is 18.0. The minimum absolute atomic E-state index is 0.0835. The minimum Gasteiger partial charge on any atom is -0.343 e. The van der Waals surface area contributed by atoms with Gasteiger partial charge >= 0.3 is 0 Å². The molecule has 2 amide bonds. The molecule has 2 aliphatic heterocycles. The number of fused-ring (bicyclic) bond motifs is 1. The number of piperidine rings is 2. The molecule has 3 rings (SSSR count). The van der Waals surface area contributed by atoms with Crippen molar-refractivity contribution in [3.63, 3.8) is 0 Å². The van der Waals surface area contributed by atoms with Crippen LogP contribution in [-0.4, -0.2) is 47.3 Å². The van der Waals surface area contributed by atoms with Crippen molar-refractivity contribution in [2.75, 3.05) is 19.6 Å². The molecule has 2 atom stereocenters. The van der Waals surface area contributed by atoms with E-state index in [9.17, 15) is 18.4 Å². The molecule has 1 aromatic carbocycles. The smallest absolute Gasteiger partial charge is 0.246 e. The lowest BCUT2D eigenvalue weighted by Gasteiger charge is -2.46. The standard InChI is InChI=1S/C19H22F2N2O2/c1-13(24)22-10-8-18-15(12-22)3-2-9-23(18)19(25)7-5-14-4-6-16(20)17(21)11-14/h4-7,11,15,18H,2-3,8-10,12H2,1H3/b7-5+/t15-,18+/m1/s1. The SMILES string of the molecule is CC(=O)N1CC[C@H]2[C@H](CCCN2C(=O)/C=C/c2ccc(F)c(F)c2)C1. The van der Waals surface area contributed by atoms with Crippen LogP contribution in [0.15, 0.2) is 24.3 Å². The Hall–Kier alpha value is -2.24. The molecule has 1 aromatic rings. The molecular formula is C19H22F2N2O2. The van der Waals surface area contributed by atoms with Crippen LogP contribution in [0.5, 0.6) is 0 Å². The van der Waals surface area contributed by atoms with Crippen LogP contribution in [0.1, 0.15) is 31.7 Å². The molecule has 6 heteroatoms. The van der Waals surface area contributed by atoms with Gasteiger partial charge in [0.1, 0.15) is 0 Å². The summed E-state index contributed by atoms with van der Waals surface area (Å²) in [7, 11) is 0. The monoisotopic (exact) mass is 348 g/mol. The molecule has 0 aliphatic carbocycles. The number of benzene rings is 1. The average Bonchev–Trinajstić information content (AvgIpc) is 2.61. The second-order valence-electron chi connectivity index (χ2n) is 6.76. The highest BCUT2D eigenvalue weighted by atomic mass is 19.2. The quantitative estimate of drug-likeness (QED) is 0.771. The molecule has 0 radical (unpaired) electrons. The van der Waals surface area contributed by atoms with Gasteiger partial charge in [-0.05, 0) is 49.0 Å². The molecule has 2 aliphatic rings. The third-order valence-corrected chi connectivity index (χ3v) is 5.16. The lowest BCUT2D eigenvalue weighted by Crippen LogP contribution is -2.56. The maximum atomic E-state index is 13.2. The predicted molar refractivity (Wildman–Crippen MR) is 90.5 cm³/mol. The number of nitrogens with zero attached hydrogens (tertiary/aromatic N) is 2. The van der Waals surface area contributed by atoms with E-state index in [1.807, 2.05) is 9.80 Å².